The number of unbranched alkanes of at least 4 members (excludes halogenated alkanes) is 23. The van der Waals surface area contributed by atoms with E-state index in [-0.39, 0.29) is 11.9 Å². The van der Waals surface area contributed by atoms with Crippen molar-refractivity contribution < 1.29 is 28.5 Å². The van der Waals surface area contributed by atoms with E-state index in [2.05, 4.69) is 45.0 Å². The van der Waals surface area contributed by atoms with Crippen LogP contribution in [0.2, 0.25) is 0 Å². The molecule has 0 saturated carbocycles. The topological polar surface area (TPSA) is 74.3 Å². The van der Waals surface area contributed by atoms with Crippen molar-refractivity contribution in [1.82, 2.24) is 4.90 Å². The molecule has 0 amide bonds. The van der Waals surface area contributed by atoms with Crippen LogP contribution in [0.25, 0.3) is 0 Å². The number of hydrogen-bond acceptors (Lipinski definition) is 7. The molecule has 0 saturated heterocycles. The molecule has 1 aromatic carbocycles. The second-order valence-electron chi connectivity index (χ2n) is 15.5. The first-order chi connectivity index (χ1) is 25.9. The number of hydrogen-bond donors (Lipinski definition) is 0. The van der Waals surface area contributed by atoms with E-state index in [4.69, 9.17) is 18.9 Å². The summed E-state index contributed by atoms with van der Waals surface area (Å²) < 4.78 is 23.2. The van der Waals surface area contributed by atoms with Crippen LogP contribution in [0.4, 0.5) is 0 Å². The maximum atomic E-state index is 11.9. The molecule has 0 aliphatic carbocycles. The molecule has 0 aliphatic heterocycles. The van der Waals surface area contributed by atoms with Crippen molar-refractivity contribution in [3.05, 3.63) is 23.8 Å². The molecule has 0 unspecified atom stereocenters. The van der Waals surface area contributed by atoms with Gasteiger partial charge in [0.05, 0.1) is 26.4 Å². The Labute approximate surface area is 327 Å². The second-order valence-corrected chi connectivity index (χ2v) is 15.5. The third-order valence-electron chi connectivity index (χ3n) is 9.80. The summed E-state index contributed by atoms with van der Waals surface area (Å²) in [5.41, 5.74) is 1.20. The highest BCUT2D eigenvalue weighted by Gasteiger charge is 2.07. The minimum absolute atomic E-state index is 0.0200. The van der Waals surface area contributed by atoms with Crippen molar-refractivity contribution in [1.29, 1.82) is 0 Å². The standard InChI is InChI=1S/C46H83NO6/c1-5-7-9-11-14-20-26-32-45(48)52-36-30-24-17-13-16-22-28-34-50-43-38-42(41-47(3)4)39-44(40-43)51-35-29-23-18-19-25-31-37-53-46(49)33-27-21-15-12-10-8-6-2/h38-40H,5-37,41H2,1-4H3. The van der Waals surface area contributed by atoms with E-state index in [0.717, 1.165) is 95.3 Å². The van der Waals surface area contributed by atoms with Crippen LogP contribution >= 0.6 is 0 Å². The lowest BCUT2D eigenvalue weighted by molar-refractivity contribution is -0.144. The zero-order valence-electron chi connectivity index (χ0n) is 35.2. The molecule has 7 heteroatoms. The first-order valence-corrected chi connectivity index (χ1v) is 22.3. The first-order valence-electron chi connectivity index (χ1n) is 22.3. The lowest BCUT2D eigenvalue weighted by Gasteiger charge is -2.15. The molecule has 308 valence electrons. The SMILES string of the molecule is CCCCCCCCCC(=O)OCCCCCCCCCOc1cc(CN(C)C)cc(OCCCCCCCCOC(=O)CCCCCCCCC)c1. The van der Waals surface area contributed by atoms with Crippen molar-refractivity contribution in [3.63, 3.8) is 0 Å². The minimum atomic E-state index is -0.0251. The molecule has 7 nitrogen and oxygen atoms in total. The summed E-state index contributed by atoms with van der Waals surface area (Å²) in [6.07, 6.45) is 32.8. The van der Waals surface area contributed by atoms with Gasteiger partial charge in [-0.3, -0.25) is 9.59 Å². The zero-order valence-corrected chi connectivity index (χ0v) is 35.2. The summed E-state index contributed by atoms with van der Waals surface area (Å²) in [6.45, 7) is 7.89. The fourth-order valence-corrected chi connectivity index (χ4v) is 6.60. The van der Waals surface area contributed by atoms with Crippen LogP contribution in [0.15, 0.2) is 18.2 Å². The van der Waals surface area contributed by atoms with Gasteiger partial charge in [0.1, 0.15) is 11.5 Å². The van der Waals surface area contributed by atoms with Crippen LogP contribution in [0.5, 0.6) is 11.5 Å². The first kappa shape index (κ1) is 48.7. The maximum absolute atomic E-state index is 11.9. The maximum Gasteiger partial charge on any atom is 0.305 e. The molecule has 0 N–H and O–H groups in total. The van der Waals surface area contributed by atoms with Gasteiger partial charge < -0.3 is 23.8 Å². The Hall–Kier alpha value is -2.28. The monoisotopic (exact) mass is 746 g/mol. The Balaban J connectivity index is 2.08. The highest BCUT2D eigenvalue weighted by Crippen LogP contribution is 2.25. The molecule has 0 fully saturated rings. The number of nitrogens with zero attached hydrogens (tertiary/aromatic N) is 1. The summed E-state index contributed by atoms with van der Waals surface area (Å²) in [4.78, 5) is 26.0. The number of rotatable bonds is 39. The third kappa shape index (κ3) is 32.8. The average Bonchev–Trinajstić information content (AvgIpc) is 3.13. The number of esters is 2. The Morgan fingerprint density at radius 3 is 1.11 bits per heavy atom. The van der Waals surface area contributed by atoms with Gasteiger partial charge in [-0.1, -0.05) is 149 Å². The predicted molar refractivity (Wildman–Crippen MR) is 222 cm³/mol. The van der Waals surface area contributed by atoms with Gasteiger partial charge in [0.25, 0.3) is 0 Å². The molecule has 0 bridgehead atoms. The quantitative estimate of drug-likeness (QED) is 0.0490. The summed E-state index contributed by atoms with van der Waals surface area (Å²) in [5.74, 6) is 1.74. The molecule has 53 heavy (non-hydrogen) atoms. The molecular weight excluding hydrogens is 663 g/mol. The Kier molecular flexibility index (Phi) is 33.7. The second kappa shape index (κ2) is 36.7. The van der Waals surface area contributed by atoms with E-state index in [1.165, 1.54) is 108 Å². The van der Waals surface area contributed by atoms with E-state index in [1.807, 2.05) is 6.07 Å². The van der Waals surface area contributed by atoms with Crippen molar-refractivity contribution in [2.45, 2.75) is 207 Å². The molecule has 0 spiro atoms. The molecule has 0 radical (unpaired) electrons. The summed E-state index contributed by atoms with van der Waals surface area (Å²) in [7, 11) is 4.17. The van der Waals surface area contributed by atoms with E-state index in [1.54, 1.807) is 0 Å². The van der Waals surface area contributed by atoms with E-state index in [0.29, 0.717) is 32.7 Å². The molecule has 1 rings (SSSR count). The lowest BCUT2D eigenvalue weighted by Crippen LogP contribution is -2.11. The Morgan fingerprint density at radius 1 is 0.434 bits per heavy atom. The van der Waals surface area contributed by atoms with Gasteiger partial charge in [-0.2, -0.15) is 0 Å². The number of ether oxygens (including phenoxy) is 4. The van der Waals surface area contributed by atoms with E-state index >= 15 is 0 Å². The van der Waals surface area contributed by atoms with Gasteiger partial charge in [-0.05, 0) is 70.3 Å². The van der Waals surface area contributed by atoms with Crippen LogP contribution in [-0.4, -0.2) is 57.4 Å². The van der Waals surface area contributed by atoms with Crippen LogP contribution in [0.3, 0.4) is 0 Å². The highest BCUT2D eigenvalue weighted by molar-refractivity contribution is 5.69. The molecule has 0 heterocycles. The molecule has 0 atom stereocenters. The number of carbonyl (C=O) groups is 2. The summed E-state index contributed by atoms with van der Waals surface area (Å²) >= 11 is 0. The Bertz CT molecular complexity index is 983. The summed E-state index contributed by atoms with van der Waals surface area (Å²) in [5, 5.41) is 0. The predicted octanol–water partition coefficient (Wildman–Crippen LogP) is 12.9. The minimum Gasteiger partial charge on any atom is -0.493 e. The van der Waals surface area contributed by atoms with Crippen LogP contribution < -0.4 is 9.47 Å². The van der Waals surface area contributed by atoms with Gasteiger partial charge in [0.2, 0.25) is 0 Å². The number of carbonyl (C=O) groups excluding carboxylic acids is 2. The van der Waals surface area contributed by atoms with Gasteiger partial charge in [-0.25, -0.2) is 0 Å². The van der Waals surface area contributed by atoms with Gasteiger partial charge in [0, 0.05) is 25.5 Å². The summed E-state index contributed by atoms with van der Waals surface area (Å²) in [6, 6.07) is 6.32. The van der Waals surface area contributed by atoms with Gasteiger partial charge in [-0.15, -0.1) is 0 Å². The highest BCUT2D eigenvalue weighted by atomic mass is 16.5. The zero-order chi connectivity index (χ0) is 38.5. The molecular formula is C46H83NO6. The molecule has 0 aliphatic rings. The van der Waals surface area contributed by atoms with Gasteiger partial charge in [0.15, 0.2) is 0 Å². The van der Waals surface area contributed by atoms with E-state index < -0.39 is 0 Å². The number of benzene rings is 1. The fourth-order valence-electron chi connectivity index (χ4n) is 6.60. The largest absolute Gasteiger partial charge is 0.493 e. The lowest BCUT2D eigenvalue weighted by atomic mass is 10.1. The average molecular weight is 746 g/mol. The Morgan fingerprint density at radius 2 is 0.755 bits per heavy atom. The van der Waals surface area contributed by atoms with Crippen LogP contribution in [-0.2, 0) is 25.6 Å². The van der Waals surface area contributed by atoms with E-state index in [9.17, 15) is 9.59 Å². The third-order valence-corrected chi connectivity index (χ3v) is 9.80. The van der Waals surface area contributed by atoms with Gasteiger partial charge >= 0.3 is 11.9 Å². The normalized spacial score (nSPS) is 11.3. The van der Waals surface area contributed by atoms with Crippen LogP contribution in [0.1, 0.15) is 206 Å². The van der Waals surface area contributed by atoms with Crippen molar-refractivity contribution >= 4 is 11.9 Å². The van der Waals surface area contributed by atoms with Crippen molar-refractivity contribution in [3.8, 4) is 11.5 Å². The van der Waals surface area contributed by atoms with Crippen molar-refractivity contribution in [2.75, 3.05) is 40.5 Å². The van der Waals surface area contributed by atoms with Crippen LogP contribution in [0, 0.1) is 0 Å². The van der Waals surface area contributed by atoms with Crippen molar-refractivity contribution in [2.24, 2.45) is 0 Å². The fraction of sp³-hybridized carbons (Fsp3) is 0.826. The smallest absolute Gasteiger partial charge is 0.305 e. The molecule has 1 aromatic rings. The molecule has 0 aromatic heterocycles.